The fourth-order valence-corrected chi connectivity index (χ4v) is 4.21. The summed E-state index contributed by atoms with van der Waals surface area (Å²) in [5, 5.41) is 2.01. The molecule has 26 heavy (non-hydrogen) atoms. The van der Waals surface area contributed by atoms with Crippen molar-refractivity contribution < 1.29 is 0 Å². The SMILES string of the molecule is C(=Nc1ccc(-c2ccc(N=Cc3ccccc3)s2)s1)c1ccccc1. The van der Waals surface area contributed by atoms with Gasteiger partial charge in [0, 0.05) is 22.2 Å². The number of hydrogen-bond donors (Lipinski definition) is 0. The van der Waals surface area contributed by atoms with Gasteiger partial charge >= 0.3 is 0 Å². The summed E-state index contributed by atoms with van der Waals surface area (Å²) in [5.41, 5.74) is 2.22. The third kappa shape index (κ3) is 4.23. The Morgan fingerprint density at radius 1 is 0.500 bits per heavy atom. The monoisotopic (exact) mass is 372 g/mol. The molecule has 4 heteroatoms. The number of rotatable bonds is 5. The van der Waals surface area contributed by atoms with Gasteiger partial charge in [-0.1, -0.05) is 60.7 Å². The molecule has 0 aliphatic carbocycles. The van der Waals surface area contributed by atoms with Gasteiger partial charge in [0.25, 0.3) is 0 Å². The minimum atomic E-state index is 1.01. The molecule has 2 aromatic heterocycles. The summed E-state index contributed by atoms with van der Waals surface area (Å²) in [5.74, 6) is 0. The predicted molar refractivity (Wildman–Crippen MR) is 115 cm³/mol. The van der Waals surface area contributed by atoms with Crippen molar-refractivity contribution in [1.29, 1.82) is 0 Å². The average Bonchev–Trinajstić information content (AvgIpc) is 3.36. The minimum Gasteiger partial charge on any atom is -0.245 e. The molecule has 0 aliphatic rings. The van der Waals surface area contributed by atoms with E-state index in [-0.39, 0.29) is 0 Å². The average molecular weight is 373 g/mol. The minimum absolute atomic E-state index is 1.01. The molecule has 0 saturated heterocycles. The zero-order valence-corrected chi connectivity index (χ0v) is 15.6. The van der Waals surface area contributed by atoms with Crippen molar-refractivity contribution in [2.45, 2.75) is 0 Å². The summed E-state index contributed by atoms with van der Waals surface area (Å²) in [6.45, 7) is 0. The largest absolute Gasteiger partial charge is 0.245 e. The lowest BCUT2D eigenvalue weighted by Crippen LogP contribution is -1.76. The predicted octanol–water partition coefficient (Wildman–Crippen LogP) is 6.98. The van der Waals surface area contributed by atoms with Gasteiger partial charge in [0.05, 0.1) is 0 Å². The quantitative estimate of drug-likeness (QED) is 0.338. The Morgan fingerprint density at radius 3 is 1.35 bits per heavy atom. The van der Waals surface area contributed by atoms with Gasteiger partial charge in [-0.25, -0.2) is 9.98 Å². The number of nitrogens with zero attached hydrogens (tertiary/aromatic N) is 2. The van der Waals surface area contributed by atoms with Gasteiger partial charge in [-0.2, -0.15) is 0 Å². The van der Waals surface area contributed by atoms with Gasteiger partial charge < -0.3 is 0 Å². The van der Waals surface area contributed by atoms with Gasteiger partial charge in [-0.15, -0.1) is 22.7 Å². The number of benzene rings is 2. The molecule has 0 bridgehead atoms. The molecule has 0 atom stereocenters. The Balaban J connectivity index is 1.47. The van der Waals surface area contributed by atoms with E-state index in [1.165, 1.54) is 9.75 Å². The molecule has 0 radical (unpaired) electrons. The highest BCUT2D eigenvalue weighted by molar-refractivity contribution is 7.25. The third-order valence-electron chi connectivity index (χ3n) is 3.71. The Hall–Kier alpha value is -2.82. The van der Waals surface area contributed by atoms with Crippen molar-refractivity contribution in [3.05, 3.63) is 96.1 Å². The summed E-state index contributed by atoms with van der Waals surface area (Å²) in [6, 6.07) is 28.7. The first-order chi connectivity index (χ1) is 12.9. The standard InChI is InChI=1S/C22H16N2S2/c1-3-7-17(8-4-1)15-23-21-13-11-19(25-21)20-12-14-22(26-20)24-16-18-9-5-2-6-10-18/h1-16H. The summed E-state index contributed by atoms with van der Waals surface area (Å²) >= 11 is 3.39. The van der Waals surface area contributed by atoms with Gasteiger partial charge in [-0.3, -0.25) is 0 Å². The highest BCUT2D eigenvalue weighted by Gasteiger charge is 2.05. The first kappa shape index (κ1) is 16.6. The Kier molecular flexibility index (Phi) is 5.14. The molecule has 2 heterocycles. The van der Waals surface area contributed by atoms with E-state index in [1.54, 1.807) is 22.7 Å². The first-order valence-corrected chi connectivity index (χ1v) is 9.88. The first-order valence-electron chi connectivity index (χ1n) is 8.25. The molecule has 2 aromatic carbocycles. The van der Waals surface area contributed by atoms with Crippen molar-refractivity contribution in [2.75, 3.05) is 0 Å². The van der Waals surface area contributed by atoms with E-state index in [4.69, 9.17) is 0 Å². The maximum absolute atomic E-state index is 4.57. The van der Waals surface area contributed by atoms with Crippen LogP contribution in [0.5, 0.6) is 0 Å². The summed E-state index contributed by atoms with van der Waals surface area (Å²) in [6.07, 6.45) is 3.80. The normalized spacial score (nSPS) is 11.5. The highest BCUT2D eigenvalue weighted by atomic mass is 32.1. The van der Waals surface area contributed by atoms with Gasteiger partial charge in [-0.05, 0) is 35.4 Å². The van der Waals surface area contributed by atoms with E-state index in [0.717, 1.165) is 21.1 Å². The smallest absolute Gasteiger partial charge is 0.116 e. The van der Waals surface area contributed by atoms with Gasteiger partial charge in [0.15, 0.2) is 0 Å². The molecule has 2 nitrogen and oxygen atoms in total. The fourth-order valence-electron chi connectivity index (χ4n) is 2.41. The van der Waals surface area contributed by atoms with Crippen molar-refractivity contribution >= 4 is 45.1 Å². The molecule has 0 aliphatic heterocycles. The van der Waals surface area contributed by atoms with Crippen LogP contribution in [-0.4, -0.2) is 12.4 Å². The van der Waals surface area contributed by atoms with Crippen molar-refractivity contribution in [3.8, 4) is 9.75 Å². The summed E-state index contributed by atoms with van der Waals surface area (Å²) in [4.78, 5) is 11.6. The van der Waals surface area contributed by atoms with Gasteiger partial charge in [0.2, 0.25) is 0 Å². The lowest BCUT2D eigenvalue weighted by atomic mass is 10.2. The highest BCUT2D eigenvalue weighted by Crippen LogP contribution is 2.39. The number of aliphatic imine (C=N–C) groups is 2. The molecule has 0 N–H and O–H groups in total. The van der Waals surface area contributed by atoms with Crippen LogP contribution < -0.4 is 0 Å². The second-order valence-corrected chi connectivity index (χ2v) is 7.74. The zero-order valence-electron chi connectivity index (χ0n) is 13.9. The van der Waals surface area contributed by atoms with Crippen molar-refractivity contribution in [2.24, 2.45) is 9.98 Å². The lowest BCUT2D eigenvalue weighted by Gasteiger charge is -1.91. The van der Waals surface area contributed by atoms with Crippen LogP contribution in [0.4, 0.5) is 10.0 Å². The molecule has 0 spiro atoms. The summed E-state index contributed by atoms with van der Waals surface area (Å²) in [7, 11) is 0. The van der Waals surface area contributed by atoms with E-state index in [1.807, 2.05) is 73.1 Å². The van der Waals surface area contributed by atoms with Crippen LogP contribution in [0, 0.1) is 0 Å². The van der Waals surface area contributed by atoms with E-state index in [9.17, 15) is 0 Å². The number of thiophene rings is 2. The molecular formula is C22H16N2S2. The maximum atomic E-state index is 4.57. The topological polar surface area (TPSA) is 24.7 Å². The van der Waals surface area contributed by atoms with Crippen molar-refractivity contribution in [1.82, 2.24) is 0 Å². The maximum Gasteiger partial charge on any atom is 0.116 e. The zero-order chi connectivity index (χ0) is 17.6. The molecule has 4 rings (SSSR count). The lowest BCUT2D eigenvalue weighted by molar-refractivity contribution is 1.61. The molecule has 0 saturated carbocycles. The molecule has 0 amide bonds. The molecule has 0 unspecified atom stereocenters. The van der Waals surface area contributed by atoms with Crippen LogP contribution in [0.3, 0.4) is 0 Å². The van der Waals surface area contributed by atoms with Crippen molar-refractivity contribution in [3.63, 3.8) is 0 Å². The van der Waals surface area contributed by atoms with Crippen LogP contribution in [0.2, 0.25) is 0 Å². The van der Waals surface area contributed by atoms with E-state index in [2.05, 4.69) is 34.3 Å². The number of hydrogen-bond acceptors (Lipinski definition) is 4. The summed E-state index contributed by atoms with van der Waals surface area (Å²) < 4.78 is 0. The molecule has 0 fully saturated rings. The second kappa shape index (κ2) is 8.04. The molecular weight excluding hydrogens is 356 g/mol. The van der Waals surface area contributed by atoms with Crippen LogP contribution in [0.1, 0.15) is 11.1 Å². The Labute approximate surface area is 160 Å². The van der Waals surface area contributed by atoms with E-state index < -0.39 is 0 Å². The second-order valence-electron chi connectivity index (χ2n) is 5.61. The van der Waals surface area contributed by atoms with Gasteiger partial charge in [0.1, 0.15) is 10.0 Å². The Morgan fingerprint density at radius 2 is 0.923 bits per heavy atom. The molecule has 126 valence electrons. The Bertz CT molecular complexity index is 942. The van der Waals surface area contributed by atoms with Crippen LogP contribution in [-0.2, 0) is 0 Å². The van der Waals surface area contributed by atoms with E-state index >= 15 is 0 Å². The third-order valence-corrected chi connectivity index (χ3v) is 5.89. The van der Waals surface area contributed by atoms with Crippen LogP contribution in [0.15, 0.2) is 94.9 Å². The fraction of sp³-hybridized carbons (Fsp3) is 0. The molecule has 4 aromatic rings. The van der Waals surface area contributed by atoms with E-state index in [0.29, 0.717) is 0 Å². The van der Waals surface area contributed by atoms with Crippen LogP contribution >= 0.6 is 22.7 Å². The van der Waals surface area contributed by atoms with Crippen LogP contribution in [0.25, 0.3) is 9.75 Å².